The molecule has 0 bridgehead atoms. The largest absolute Gasteiger partial charge is 0.380 e. The molecule has 0 heterocycles. The molecule has 0 unspecified atom stereocenters. The van der Waals surface area contributed by atoms with Crippen LogP contribution in [0.1, 0.15) is 0 Å². The van der Waals surface area contributed by atoms with E-state index >= 15 is 0 Å². The lowest BCUT2D eigenvalue weighted by molar-refractivity contribution is -0.135. The molecule has 0 radical (unpaired) electrons. The molecular weight excluding hydrogens is 448 g/mol. The molecule has 35 heavy (non-hydrogen) atoms. The maximum Gasteiger partial charge on any atom is 0.0645 e. The first kappa shape index (κ1) is 33.2. The minimum atomic E-state index is -0.549. The monoisotopic (exact) mass is 494 g/mol. The van der Waals surface area contributed by atoms with E-state index in [1.165, 1.54) is 0 Å². The molecule has 0 N–H and O–H groups in total. The first-order valence-electron chi connectivity index (χ1n) is 11.8. The van der Waals surface area contributed by atoms with Crippen molar-refractivity contribution in [3.63, 3.8) is 0 Å². The van der Waals surface area contributed by atoms with Crippen LogP contribution in [0, 0.1) is 10.8 Å². The van der Waals surface area contributed by atoms with E-state index in [9.17, 15) is 0 Å². The molecule has 7 nitrogen and oxygen atoms in total. The van der Waals surface area contributed by atoms with Gasteiger partial charge < -0.3 is 33.2 Å². The van der Waals surface area contributed by atoms with Crippen LogP contribution in [-0.4, -0.2) is 92.5 Å². The lowest BCUT2D eigenvalue weighted by Gasteiger charge is -2.36. The Morgan fingerprint density at radius 3 is 0.657 bits per heavy atom. The van der Waals surface area contributed by atoms with Crippen LogP contribution in [0.15, 0.2) is 75.9 Å². The van der Waals surface area contributed by atoms with Gasteiger partial charge in [0.15, 0.2) is 0 Å². The molecule has 0 fully saturated rings. The van der Waals surface area contributed by atoms with Gasteiger partial charge >= 0.3 is 0 Å². The highest BCUT2D eigenvalue weighted by Crippen LogP contribution is 2.25. The van der Waals surface area contributed by atoms with Gasteiger partial charge in [0.1, 0.15) is 0 Å². The van der Waals surface area contributed by atoms with Gasteiger partial charge in [-0.05, 0) is 0 Å². The molecule has 0 aromatic rings. The van der Waals surface area contributed by atoms with Crippen molar-refractivity contribution in [3.8, 4) is 0 Å². The highest BCUT2D eigenvalue weighted by Gasteiger charge is 2.36. The Bertz CT molecular complexity index is 466. The van der Waals surface area contributed by atoms with Crippen molar-refractivity contribution in [2.45, 2.75) is 0 Å². The maximum atomic E-state index is 6.31. The van der Waals surface area contributed by atoms with Gasteiger partial charge in [0.25, 0.3) is 0 Å². The van der Waals surface area contributed by atoms with E-state index in [1.54, 1.807) is 36.5 Å². The van der Waals surface area contributed by atoms with Gasteiger partial charge in [-0.25, -0.2) is 0 Å². The van der Waals surface area contributed by atoms with E-state index in [0.29, 0.717) is 92.5 Å². The van der Waals surface area contributed by atoms with Crippen LogP contribution in [0.5, 0.6) is 0 Å². The summed E-state index contributed by atoms with van der Waals surface area (Å²) in [6, 6.07) is 0. The summed E-state index contributed by atoms with van der Waals surface area (Å²) in [6.07, 6.45) is 10.2. The van der Waals surface area contributed by atoms with Crippen LogP contribution in [-0.2, 0) is 33.2 Å². The molecule has 0 spiro atoms. The summed E-state index contributed by atoms with van der Waals surface area (Å²) < 4.78 is 41.2. The van der Waals surface area contributed by atoms with Gasteiger partial charge in [0.2, 0.25) is 0 Å². The molecule has 0 saturated carbocycles. The van der Waals surface area contributed by atoms with Crippen molar-refractivity contribution in [2.75, 3.05) is 92.5 Å². The fraction of sp³-hybridized carbons (Fsp3) is 0.571. The van der Waals surface area contributed by atoms with Crippen LogP contribution in [0.4, 0.5) is 0 Å². The smallest absolute Gasteiger partial charge is 0.0645 e. The van der Waals surface area contributed by atoms with Crippen molar-refractivity contribution < 1.29 is 33.2 Å². The normalized spacial score (nSPS) is 11.7. The Balaban J connectivity index is 5.59. The second-order valence-corrected chi connectivity index (χ2v) is 8.32. The Kier molecular flexibility index (Phi) is 21.4. The lowest BCUT2D eigenvalue weighted by atomic mass is 9.90. The van der Waals surface area contributed by atoms with Crippen LogP contribution >= 0.6 is 0 Å². The zero-order valence-electron chi connectivity index (χ0n) is 21.5. The molecule has 0 aliphatic carbocycles. The van der Waals surface area contributed by atoms with Gasteiger partial charge in [-0.15, -0.1) is 39.5 Å². The molecule has 0 amide bonds. The van der Waals surface area contributed by atoms with Crippen LogP contribution in [0.3, 0.4) is 0 Å². The summed E-state index contributed by atoms with van der Waals surface area (Å²) in [5.74, 6) is 0. The quantitative estimate of drug-likeness (QED) is 0.119. The summed E-state index contributed by atoms with van der Waals surface area (Å²) in [5.41, 5.74) is -1.10. The maximum absolute atomic E-state index is 6.31. The van der Waals surface area contributed by atoms with Gasteiger partial charge in [0, 0.05) is 0 Å². The third-order valence-corrected chi connectivity index (χ3v) is 4.68. The predicted octanol–water partition coefficient (Wildman–Crippen LogP) is 4.19. The number of ether oxygens (including phenoxy) is 7. The molecule has 200 valence electrons. The number of hydrogen-bond donors (Lipinski definition) is 0. The molecule has 7 heteroatoms. The molecular formula is C28H46O7. The molecule has 0 aliphatic heterocycles. The first-order valence-corrected chi connectivity index (χ1v) is 11.8. The highest BCUT2D eigenvalue weighted by atomic mass is 16.5. The minimum Gasteiger partial charge on any atom is -0.380 e. The Morgan fingerprint density at radius 1 is 0.314 bits per heavy atom. The summed E-state index contributed by atoms with van der Waals surface area (Å²) >= 11 is 0. The summed E-state index contributed by atoms with van der Waals surface area (Å²) in [4.78, 5) is 0. The third-order valence-electron chi connectivity index (χ3n) is 4.68. The molecule has 0 atom stereocenters. The summed E-state index contributed by atoms with van der Waals surface area (Å²) in [6.45, 7) is 27.7. The first-order chi connectivity index (χ1) is 17.1. The second kappa shape index (κ2) is 22.6. The van der Waals surface area contributed by atoms with Gasteiger partial charge in [-0.3, -0.25) is 0 Å². The number of rotatable bonds is 28. The topological polar surface area (TPSA) is 64.6 Å². The summed E-state index contributed by atoms with van der Waals surface area (Å²) in [7, 11) is 0. The number of hydrogen-bond acceptors (Lipinski definition) is 7. The van der Waals surface area contributed by atoms with Crippen LogP contribution < -0.4 is 0 Å². The zero-order chi connectivity index (χ0) is 26.1. The lowest BCUT2D eigenvalue weighted by Crippen LogP contribution is -2.46. The molecule has 0 saturated heterocycles. The van der Waals surface area contributed by atoms with Crippen LogP contribution in [0.2, 0.25) is 0 Å². The Morgan fingerprint density at radius 2 is 0.486 bits per heavy atom. The van der Waals surface area contributed by atoms with Gasteiger partial charge in [-0.2, -0.15) is 0 Å². The van der Waals surface area contributed by atoms with E-state index in [0.717, 1.165) is 0 Å². The van der Waals surface area contributed by atoms with E-state index in [2.05, 4.69) is 39.5 Å². The van der Waals surface area contributed by atoms with E-state index < -0.39 is 10.8 Å². The standard InChI is InChI=1S/C28H46O7/c1-7-13-29-19-27(20-30-14-8-2,21-31-15-9-3)25-35-26-28(22-32-16-10-4,23-33-17-11-5)24-34-18-12-6/h7-12H,1-6,13-26H2. The van der Waals surface area contributed by atoms with Crippen molar-refractivity contribution in [3.05, 3.63) is 75.9 Å². The molecule has 0 aliphatic rings. The van der Waals surface area contributed by atoms with Crippen molar-refractivity contribution in [1.82, 2.24) is 0 Å². The van der Waals surface area contributed by atoms with Crippen molar-refractivity contribution >= 4 is 0 Å². The second-order valence-electron chi connectivity index (χ2n) is 8.32. The van der Waals surface area contributed by atoms with Crippen molar-refractivity contribution in [1.29, 1.82) is 0 Å². The van der Waals surface area contributed by atoms with E-state index in [1.807, 2.05) is 0 Å². The fourth-order valence-corrected chi connectivity index (χ4v) is 3.14. The average Bonchev–Trinajstić information content (AvgIpc) is 2.85. The molecule has 0 rings (SSSR count). The average molecular weight is 495 g/mol. The third kappa shape index (κ3) is 16.5. The minimum absolute atomic E-state index is 0.324. The van der Waals surface area contributed by atoms with E-state index in [-0.39, 0.29) is 0 Å². The van der Waals surface area contributed by atoms with Gasteiger partial charge in [-0.1, -0.05) is 36.5 Å². The molecule has 0 aromatic heterocycles. The van der Waals surface area contributed by atoms with Crippen LogP contribution in [0.25, 0.3) is 0 Å². The highest BCUT2D eigenvalue weighted by molar-refractivity contribution is 4.85. The SMILES string of the molecule is C=CCOCC(COCC=C)(COCC=C)COCC(COCC=C)(COCC=C)COCC=C. The molecule has 0 aromatic carbocycles. The zero-order valence-corrected chi connectivity index (χ0v) is 21.5. The fourth-order valence-electron chi connectivity index (χ4n) is 3.14. The van der Waals surface area contributed by atoms with Crippen molar-refractivity contribution in [2.24, 2.45) is 10.8 Å². The summed E-state index contributed by atoms with van der Waals surface area (Å²) in [5, 5.41) is 0. The Hall–Kier alpha value is -1.84. The predicted molar refractivity (Wildman–Crippen MR) is 142 cm³/mol. The van der Waals surface area contributed by atoms with Gasteiger partial charge in [0.05, 0.1) is 103 Å². The van der Waals surface area contributed by atoms with E-state index in [4.69, 9.17) is 33.2 Å². The Labute approximate surface area is 212 Å².